The van der Waals surface area contributed by atoms with Crippen molar-refractivity contribution in [2.24, 2.45) is 0 Å². The highest BCUT2D eigenvalue weighted by atomic mass is 16.5. The lowest BCUT2D eigenvalue weighted by molar-refractivity contribution is 0.0140. The van der Waals surface area contributed by atoms with Crippen molar-refractivity contribution in [2.45, 2.75) is 25.7 Å². The van der Waals surface area contributed by atoms with Crippen LogP contribution in [0.15, 0.2) is 0 Å². The zero-order valence-corrected chi connectivity index (χ0v) is 10.2. The first-order valence-corrected chi connectivity index (χ1v) is 5.89. The minimum atomic E-state index is 0.539. The molecule has 0 aromatic rings. The van der Waals surface area contributed by atoms with Crippen LogP contribution in [0.5, 0.6) is 0 Å². The van der Waals surface area contributed by atoms with Crippen LogP contribution in [0.4, 0.5) is 0 Å². The predicted octanol–water partition coefficient (Wildman–Crippen LogP) is 1.64. The maximum Gasteiger partial charge on any atom is 0.0701 e. The van der Waals surface area contributed by atoms with Crippen molar-refractivity contribution >= 4 is 0 Å². The summed E-state index contributed by atoms with van der Waals surface area (Å²) in [4.78, 5) is 0. The van der Waals surface area contributed by atoms with Crippen LogP contribution in [0.2, 0.25) is 0 Å². The number of unbranched alkanes of at least 4 members (excludes halogenated alkanes) is 2. The molecule has 0 aliphatic heterocycles. The van der Waals surface area contributed by atoms with Gasteiger partial charge in [-0.3, -0.25) is 0 Å². The highest BCUT2D eigenvalue weighted by Gasteiger charge is 1.92. The van der Waals surface area contributed by atoms with Crippen LogP contribution in [0, 0.1) is 22.7 Å². The zero-order valence-electron chi connectivity index (χ0n) is 10.2. The van der Waals surface area contributed by atoms with Crippen molar-refractivity contribution in [1.82, 2.24) is 0 Å². The molecule has 17 heavy (non-hydrogen) atoms. The quantitative estimate of drug-likeness (QED) is 0.485. The van der Waals surface area contributed by atoms with Crippen LogP contribution >= 0.6 is 0 Å². The Labute approximate surface area is 103 Å². The molecule has 0 saturated heterocycles. The summed E-state index contributed by atoms with van der Waals surface area (Å²) in [5.74, 6) is 0. The minimum Gasteiger partial charge on any atom is -0.379 e. The summed E-state index contributed by atoms with van der Waals surface area (Å²) in [6, 6.07) is 4.12. The van der Waals surface area contributed by atoms with Crippen LogP contribution in [0.3, 0.4) is 0 Å². The van der Waals surface area contributed by atoms with Crippen molar-refractivity contribution in [3.8, 4) is 12.1 Å². The second-order valence-corrected chi connectivity index (χ2v) is 3.36. The van der Waals surface area contributed by atoms with Crippen molar-refractivity contribution in [3.63, 3.8) is 0 Å². The van der Waals surface area contributed by atoms with Gasteiger partial charge in [-0.1, -0.05) is 0 Å². The van der Waals surface area contributed by atoms with E-state index in [9.17, 15) is 0 Å². The Morgan fingerprint density at radius 3 is 1.29 bits per heavy atom. The van der Waals surface area contributed by atoms with E-state index >= 15 is 0 Å². The molecule has 0 unspecified atom stereocenters. The Hall–Kier alpha value is -1.14. The minimum absolute atomic E-state index is 0.539. The molecule has 5 nitrogen and oxygen atoms in total. The molecule has 96 valence electrons. The van der Waals surface area contributed by atoms with Crippen molar-refractivity contribution < 1.29 is 14.2 Å². The fourth-order valence-electron chi connectivity index (χ4n) is 1.05. The Morgan fingerprint density at radius 2 is 0.941 bits per heavy atom. The number of hydrogen-bond donors (Lipinski definition) is 0. The summed E-state index contributed by atoms with van der Waals surface area (Å²) in [6.07, 6.45) is 2.63. The van der Waals surface area contributed by atoms with Crippen LogP contribution in [0.25, 0.3) is 0 Å². The molecule has 0 fully saturated rings. The number of nitriles is 2. The van der Waals surface area contributed by atoms with E-state index in [1.807, 2.05) is 0 Å². The number of hydrogen-bond acceptors (Lipinski definition) is 5. The highest BCUT2D eigenvalue weighted by molar-refractivity contribution is 4.67. The molecule has 0 atom stereocenters. The molecule has 0 radical (unpaired) electrons. The average Bonchev–Trinajstić information content (AvgIpc) is 2.35. The molecule has 0 heterocycles. The first kappa shape index (κ1) is 15.9. The molecule has 0 spiro atoms. The molecule has 0 rings (SSSR count). The van der Waals surface area contributed by atoms with E-state index in [1.165, 1.54) is 0 Å². The second-order valence-electron chi connectivity index (χ2n) is 3.36. The van der Waals surface area contributed by atoms with E-state index in [0.29, 0.717) is 52.5 Å². The van der Waals surface area contributed by atoms with E-state index < -0.39 is 0 Å². The number of ether oxygens (including phenoxy) is 3. The van der Waals surface area contributed by atoms with Crippen LogP contribution in [-0.2, 0) is 14.2 Å². The molecular weight excluding hydrogens is 220 g/mol. The normalized spacial score (nSPS) is 9.76. The van der Waals surface area contributed by atoms with Gasteiger partial charge >= 0.3 is 0 Å². The summed E-state index contributed by atoms with van der Waals surface area (Å²) < 4.78 is 15.8. The lowest BCUT2D eigenvalue weighted by Gasteiger charge is -2.05. The number of rotatable bonds is 12. The molecule has 0 aromatic heterocycles. The first-order chi connectivity index (χ1) is 8.41. The Kier molecular flexibility index (Phi) is 13.9. The summed E-state index contributed by atoms with van der Waals surface area (Å²) in [6.45, 7) is 3.44. The molecule has 5 heteroatoms. The third-order valence-corrected chi connectivity index (χ3v) is 1.90. The molecule has 0 saturated carbocycles. The van der Waals surface area contributed by atoms with Gasteiger partial charge < -0.3 is 14.2 Å². The van der Waals surface area contributed by atoms with Gasteiger partial charge in [0, 0.05) is 26.1 Å². The number of nitrogens with zero attached hydrogens (tertiary/aromatic N) is 2. The fraction of sp³-hybridized carbons (Fsp3) is 0.833. The topological polar surface area (TPSA) is 75.3 Å². The summed E-state index contributed by atoms with van der Waals surface area (Å²) in [7, 11) is 0. The van der Waals surface area contributed by atoms with Gasteiger partial charge in [0.25, 0.3) is 0 Å². The standard InChI is InChI=1S/C12H20N2O3/c13-5-1-3-7-15-9-11-17-12-10-16-8-4-2-6-14/h1-4,7-12H2. The van der Waals surface area contributed by atoms with Gasteiger partial charge in [0.05, 0.1) is 38.6 Å². The van der Waals surface area contributed by atoms with Gasteiger partial charge in [0.15, 0.2) is 0 Å². The maximum atomic E-state index is 8.28. The van der Waals surface area contributed by atoms with E-state index in [-0.39, 0.29) is 0 Å². The largest absolute Gasteiger partial charge is 0.379 e. The van der Waals surface area contributed by atoms with E-state index in [0.717, 1.165) is 12.8 Å². The van der Waals surface area contributed by atoms with Gasteiger partial charge in [-0.25, -0.2) is 0 Å². The van der Waals surface area contributed by atoms with Gasteiger partial charge in [0.2, 0.25) is 0 Å². The lowest BCUT2D eigenvalue weighted by atomic mass is 10.3. The van der Waals surface area contributed by atoms with Gasteiger partial charge in [-0.15, -0.1) is 0 Å². The van der Waals surface area contributed by atoms with Crippen LogP contribution < -0.4 is 0 Å². The third-order valence-electron chi connectivity index (χ3n) is 1.90. The monoisotopic (exact) mass is 240 g/mol. The molecule has 0 N–H and O–H groups in total. The van der Waals surface area contributed by atoms with Crippen LogP contribution in [-0.4, -0.2) is 39.6 Å². The SMILES string of the molecule is N#CCCCOCCOCCOCCCC#N. The smallest absolute Gasteiger partial charge is 0.0701 e. The van der Waals surface area contributed by atoms with Crippen molar-refractivity contribution in [3.05, 3.63) is 0 Å². The maximum absolute atomic E-state index is 8.28. The molecule has 0 aromatic carbocycles. The van der Waals surface area contributed by atoms with Gasteiger partial charge in [0.1, 0.15) is 0 Å². The van der Waals surface area contributed by atoms with Crippen molar-refractivity contribution in [2.75, 3.05) is 39.6 Å². The van der Waals surface area contributed by atoms with Gasteiger partial charge in [-0.05, 0) is 12.8 Å². The zero-order chi connectivity index (χ0) is 12.6. The fourth-order valence-corrected chi connectivity index (χ4v) is 1.05. The Balaban J connectivity index is 2.90. The third kappa shape index (κ3) is 14.9. The molecule has 0 aliphatic carbocycles. The summed E-state index contributed by atoms with van der Waals surface area (Å²) in [5, 5.41) is 16.6. The highest BCUT2D eigenvalue weighted by Crippen LogP contribution is 1.89. The Bertz CT molecular complexity index is 209. The van der Waals surface area contributed by atoms with E-state index in [2.05, 4.69) is 12.1 Å². The molecule has 0 aliphatic rings. The second kappa shape index (κ2) is 14.9. The molecule has 0 bridgehead atoms. The Morgan fingerprint density at radius 1 is 0.588 bits per heavy atom. The van der Waals surface area contributed by atoms with Gasteiger partial charge in [-0.2, -0.15) is 10.5 Å². The molecule has 0 amide bonds. The van der Waals surface area contributed by atoms with E-state index in [1.54, 1.807) is 0 Å². The summed E-state index contributed by atoms with van der Waals surface area (Å²) >= 11 is 0. The molecular formula is C12H20N2O3. The van der Waals surface area contributed by atoms with E-state index in [4.69, 9.17) is 24.7 Å². The first-order valence-electron chi connectivity index (χ1n) is 5.89. The average molecular weight is 240 g/mol. The van der Waals surface area contributed by atoms with Crippen molar-refractivity contribution in [1.29, 1.82) is 10.5 Å². The lowest BCUT2D eigenvalue weighted by Crippen LogP contribution is -2.10. The predicted molar refractivity (Wildman–Crippen MR) is 62.2 cm³/mol. The summed E-state index contributed by atoms with van der Waals surface area (Å²) in [5.41, 5.74) is 0. The van der Waals surface area contributed by atoms with Crippen LogP contribution in [0.1, 0.15) is 25.7 Å².